The molecular weight excluding hydrogens is 377 g/mol. The Kier molecular flexibility index (Phi) is 5.31. The van der Waals surface area contributed by atoms with Gasteiger partial charge in [0.25, 0.3) is 5.91 Å². The van der Waals surface area contributed by atoms with Gasteiger partial charge in [0.05, 0.1) is 22.6 Å². The maximum atomic E-state index is 12.9. The van der Waals surface area contributed by atoms with E-state index >= 15 is 0 Å². The normalized spacial score (nSPS) is 12.9. The second-order valence-electron chi connectivity index (χ2n) is 5.44. The smallest absolute Gasteiger partial charge is 0.364 e. The van der Waals surface area contributed by atoms with Crippen molar-refractivity contribution < 1.29 is 22.8 Å². The van der Waals surface area contributed by atoms with Gasteiger partial charge >= 0.3 is 6.18 Å². The molecule has 0 saturated heterocycles. The van der Waals surface area contributed by atoms with Gasteiger partial charge < -0.3 is 11.1 Å². The molecule has 2 aromatic rings. The standard InChI is InChI=1S/C14H16ClF3N6O2/c1-4-23-10(12(19)25)8(5-20-23)21-13(26)7(3)24-6(2)9(15)11(22-24)14(16,17)18/h5,7H,4H2,1-3H3,(H2,19,25)(H,21,26). The molecule has 0 aromatic carbocycles. The Morgan fingerprint density at radius 3 is 2.50 bits per heavy atom. The fourth-order valence-corrected chi connectivity index (χ4v) is 2.61. The number of carbonyl (C=O) groups excluding carboxylic acids is 2. The highest BCUT2D eigenvalue weighted by atomic mass is 35.5. The van der Waals surface area contributed by atoms with Crippen molar-refractivity contribution in [3.05, 3.63) is 28.3 Å². The lowest BCUT2D eigenvalue weighted by molar-refractivity contribution is -0.141. The molecule has 2 amide bonds. The van der Waals surface area contributed by atoms with Crippen molar-refractivity contribution in [2.24, 2.45) is 5.73 Å². The van der Waals surface area contributed by atoms with Gasteiger partial charge in [0, 0.05) is 6.54 Å². The van der Waals surface area contributed by atoms with Crippen molar-refractivity contribution in [2.75, 3.05) is 5.32 Å². The van der Waals surface area contributed by atoms with E-state index in [2.05, 4.69) is 15.5 Å². The van der Waals surface area contributed by atoms with Crippen LogP contribution in [-0.2, 0) is 17.5 Å². The summed E-state index contributed by atoms with van der Waals surface area (Å²) < 4.78 is 40.9. The highest BCUT2D eigenvalue weighted by Gasteiger charge is 2.39. The van der Waals surface area contributed by atoms with Crippen LogP contribution < -0.4 is 11.1 Å². The largest absolute Gasteiger partial charge is 0.436 e. The summed E-state index contributed by atoms with van der Waals surface area (Å²) in [6.45, 7) is 4.73. The fraction of sp³-hybridized carbons (Fsp3) is 0.429. The molecule has 3 N–H and O–H groups in total. The van der Waals surface area contributed by atoms with Gasteiger partial charge in [-0.25, -0.2) is 0 Å². The summed E-state index contributed by atoms with van der Waals surface area (Å²) in [5, 5.41) is 9.18. The molecule has 26 heavy (non-hydrogen) atoms. The molecule has 1 atom stereocenters. The minimum absolute atomic E-state index is 0.0129. The number of primary amides is 1. The quantitative estimate of drug-likeness (QED) is 0.814. The van der Waals surface area contributed by atoms with Crippen LogP contribution in [0.2, 0.25) is 5.02 Å². The number of nitrogens with one attached hydrogen (secondary N) is 1. The van der Waals surface area contributed by atoms with Crippen LogP contribution in [0.15, 0.2) is 6.20 Å². The number of nitrogens with zero attached hydrogens (tertiary/aromatic N) is 4. The molecule has 0 radical (unpaired) electrons. The molecular formula is C14H16ClF3N6O2. The first-order valence-electron chi connectivity index (χ1n) is 7.47. The zero-order valence-electron chi connectivity index (χ0n) is 14.1. The van der Waals surface area contributed by atoms with E-state index in [1.54, 1.807) is 6.92 Å². The molecule has 0 bridgehead atoms. The van der Waals surface area contributed by atoms with Gasteiger partial charge in [-0.1, -0.05) is 11.6 Å². The maximum Gasteiger partial charge on any atom is 0.436 e. The number of carbonyl (C=O) groups is 2. The summed E-state index contributed by atoms with van der Waals surface area (Å²) in [7, 11) is 0. The monoisotopic (exact) mass is 392 g/mol. The second kappa shape index (κ2) is 6.98. The predicted molar refractivity (Wildman–Crippen MR) is 86.7 cm³/mol. The van der Waals surface area contributed by atoms with Gasteiger partial charge in [0.1, 0.15) is 11.7 Å². The minimum atomic E-state index is -4.75. The number of aryl methyl sites for hydroxylation is 1. The fourth-order valence-electron chi connectivity index (χ4n) is 2.38. The van der Waals surface area contributed by atoms with E-state index in [1.807, 2.05) is 0 Å². The van der Waals surface area contributed by atoms with Crippen LogP contribution in [0.4, 0.5) is 18.9 Å². The number of halogens is 4. The van der Waals surface area contributed by atoms with Crippen molar-refractivity contribution in [3.63, 3.8) is 0 Å². The van der Waals surface area contributed by atoms with Crippen molar-refractivity contribution in [1.29, 1.82) is 0 Å². The number of hydrogen-bond donors (Lipinski definition) is 2. The first-order valence-corrected chi connectivity index (χ1v) is 7.85. The molecule has 1 unspecified atom stereocenters. The van der Waals surface area contributed by atoms with E-state index in [9.17, 15) is 22.8 Å². The summed E-state index contributed by atoms with van der Waals surface area (Å²) >= 11 is 5.69. The Morgan fingerprint density at radius 2 is 2.04 bits per heavy atom. The average Bonchev–Trinajstić information content (AvgIpc) is 3.08. The molecule has 2 rings (SSSR count). The lowest BCUT2D eigenvalue weighted by Gasteiger charge is -2.14. The summed E-state index contributed by atoms with van der Waals surface area (Å²) in [5.74, 6) is -1.51. The summed E-state index contributed by atoms with van der Waals surface area (Å²) in [5.41, 5.74) is 4.04. The van der Waals surface area contributed by atoms with Gasteiger partial charge in [0.15, 0.2) is 5.69 Å². The third-order valence-electron chi connectivity index (χ3n) is 3.72. The number of anilines is 1. The molecule has 142 valence electrons. The number of aromatic nitrogens is 4. The Bertz CT molecular complexity index is 858. The van der Waals surface area contributed by atoms with Crippen molar-refractivity contribution in [2.45, 2.75) is 39.5 Å². The highest BCUT2D eigenvalue weighted by Crippen LogP contribution is 2.36. The van der Waals surface area contributed by atoms with E-state index in [1.165, 1.54) is 24.7 Å². The second-order valence-corrected chi connectivity index (χ2v) is 5.82. The van der Waals surface area contributed by atoms with Gasteiger partial charge in [-0.05, 0) is 20.8 Å². The van der Waals surface area contributed by atoms with Gasteiger partial charge in [-0.3, -0.25) is 19.0 Å². The van der Waals surface area contributed by atoms with Crippen LogP contribution in [0.3, 0.4) is 0 Å². The van der Waals surface area contributed by atoms with Crippen LogP contribution in [0.25, 0.3) is 0 Å². The molecule has 0 fully saturated rings. The van der Waals surface area contributed by atoms with Crippen LogP contribution in [0, 0.1) is 6.92 Å². The third kappa shape index (κ3) is 3.52. The van der Waals surface area contributed by atoms with Crippen molar-refractivity contribution >= 4 is 29.1 Å². The van der Waals surface area contributed by atoms with Crippen molar-refractivity contribution in [1.82, 2.24) is 19.6 Å². The molecule has 8 nitrogen and oxygen atoms in total. The van der Waals surface area contributed by atoms with E-state index in [0.717, 1.165) is 4.68 Å². The Morgan fingerprint density at radius 1 is 1.42 bits per heavy atom. The molecule has 0 aliphatic heterocycles. The Balaban J connectivity index is 2.32. The van der Waals surface area contributed by atoms with E-state index in [4.69, 9.17) is 17.3 Å². The van der Waals surface area contributed by atoms with Crippen molar-refractivity contribution in [3.8, 4) is 0 Å². The molecule has 0 aliphatic carbocycles. The van der Waals surface area contributed by atoms with Crippen LogP contribution in [0.5, 0.6) is 0 Å². The zero-order valence-corrected chi connectivity index (χ0v) is 14.8. The van der Waals surface area contributed by atoms with Crippen LogP contribution in [0.1, 0.15) is 41.8 Å². The lowest BCUT2D eigenvalue weighted by atomic mass is 10.2. The Hall–Kier alpha value is -2.56. The highest BCUT2D eigenvalue weighted by molar-refractivity contribution is 6.32. The Labute approximate surface area is 151 Å². The van der Waals surface area contributed by atoms with Crippen LogP contribution in [-0.4, -0.2) is 31.4 Å². The summed E-state index contributed by atoms with van der Waals surface area (Å²) in [6, 6.07) is -1.13. The molecule has 12 heteroatoms. The molecule has 0 spiro atoms. The molecule has 2 heterocycles. The number of rotatable bonds is 5. The molecule has 0 aliphatic rings. The number of hydrogen-bond acceptors (Lipinski definition) is 4. The first kappa shape index (κ1) is 19.8. The summed E-state index contributed by atoms with van der Waals surface area (Å²) in [4.78, 5) is 24.0. The zero-order chi connectivity index (χ0) is 19.8. The van der Waals surface area contributed by atoms with Gasteiger partial charge in [-0.2, -0.15) is 23.4 Å². The number of amides is 2. The predicted octanol–water partition coefficient (Wildman–Crippen LogP) is 2.38. The van der Waals surface area contributed by atoms with E-state index in [0.29, 0.717) is 6.54 Å². The van der Waals surface area contributed by atoms with E-state index in [-0.39, 0.29) is 17.1 Å². The SMILES string of the molecule is CCn1ncc(NC(=O)C(C)n2nc(C(F)(F)F)c(Cl)c2C)c1C(N)=O. The third-order valence-corrected chi connectivity index (χ3v) is 4.17. The maximum absolute atomic E-state index is 12.9. The minimum Gasteiger partial charge on any atom is -0.364 e. The average molecular weight is 393 g/mol. The first-order chi connectivity index (χ1) is 12.0. The number of nitrogens with two attached hydrogens (primary N) is 1. The van der Waals surface area contributed by atoms with Gasteiger partial charge in [-0.15, -0.1) is 0 Å². The summed E-state index contributed by atoms with van der Waals surface area (Å²) in [6.07, 6.45) is -3.51. The topological polar surface area (TPSA) is 108 Å². The van der Waals surface area contributed by atoms with Gasteiger partial charge in [0.2, 0.25) is 5.91 Å². The number of alkyl halides is 3. The lowest BCUT2D eigenvalue weighted by Crippen LogP contribution is -2.27. The molecule has 0 saturated carbocycles. The molecule has 2 aromatic heterocycles. The van der Waals surface area contributed by atoms with Crippen LogP contribution >= 0.6 is 11.6 Å². The van der Waals surface area contributed by atoms with E-state index < -0.39 is 34.7 Å².